The molecule has 0 bridgehead atoms. The van der Waals surface area contributed by atoms with Crippen LogP contribution in [0, 0.1) is 0 Å². The molecule has 1 aromatic heterocycles. The Morgan fingerprint density at radius 3 is 2.35 bits per heavy atom. The summed E-state index contributed by atoms with van der Waals surface area (Å²) in [5.74, 6) is 0.716. The quantitative estimate of drug-likeness (QED) is 0.555. The summed E-state index contributed by atoms with van der Waals surface area (Å²) in [5.41, 5.74) is 3.80. The van der Waals surface area contributed by atoms with Crippen LogP contribution in [0.15, 0.2) is 71.6 Å². The van der Waals surface area contributed by atoms with Crippen molar-refractivity contribution in [1.29, 1.82) is 0 Å². The molecule has 0 atom stereocenters. The zero-order valence-electron chi connectivity index (χ0n) is 13.5. The minimum atomic E-state index is -3.82. The van der Waals surface area contributed by atoms with E-state index >= 15 is 0 Å². The number of hydrogen-bond donors (Lipinski definition) is 2. The lowest BCUT2D eigenvalue weighted by Crippen LogP contribution is -2.13. The maximum absolute atomic E-state index is 11.9. The smallest absolute Gasteiger partial charge is 0.238 e. The Kier molecular flexibility index (Phi) is 4.03. The summed E-state index contributed by atoms with van der Waals surface area (Å²) in [6.45, 7) is 0. The van der Waals surface area contributed by atoms with Crippen molar-refractivity contribution < 1.29 is 8.42 Å². The van der Waals surface area contributed by atoms with Crippen LogP contribution >= 0.6 is 11.6 Å². The number of aromatic amines is 1. The van der Waals surface area contributed by atoms with Crippen molar-refractivity contribution in [2.24, 2.45) is 5.14 Å². The van der Waals surface area contributed by atoms with Crippen LogP contribution in [-0.2, 0) is 10.0 Å². The molecule has 0 radical (unpaired) electrons. The number of nitrogens with two attached hydrogens (primary N) is 1. The van der Waals surface area contributed by atoms with Crippen molar-refractivity contribution in [1.82, 2.24) is 9.97 Å². The molecular weight excluding hydrogens is 370 g/mol. The number of aromatic nitrogens is 2. The van der Waals surface area contributed by atoms with E-state index in [1.165, 1.54) is 6.07 Å². The number of nitrogens with zero attached hydrogens (tertiary/aromatic N) is 1. The number of nitrogens with one attached hydrogen (secondary N) is 1. The number of hydrogen-bond acceptors (Lipinski definition) is 3. The molecule has 7 heteroatoms. The zero-order valence-corrected chi connectivity index (χ0v) is 15.1. The molecule has 0 aliphatic heterocycles. The fourth-order valence-corrected chi connectivity index (χ4v) is 3.76. The molecule has 130 valence electrons. The van der Waals surface area contributed by atoms with Crippen LogP contribution in [0.5, 0.6) is 0 Å². The highest BCUT2D eigenvalue weighted by molar-refractivity contribution is 7.89. The van der Waals surface area contributed by atoms with Crippen molar-refractivity contribution in [2.45, 2.75) is 4.90 Å². The second kappa shape index (κ2) is 6.25. The number of primary sulfonamides is 1. The largest absolute Gasteiger partial charge is 0.338 e. The van der Waals surface area contributed by atoms with Crippen LogP contribution in [0.3, 0.4) is 0 Å². The summed E-state index contributed by atoms with van der Waals surface area (Å²) < 4.78 is 23.7. The fraction of sp³-hybridized carbons (Fsp3) is 0. The summed E-state index contributed by atoms with van der Waals surface area (Å²) in [7, 11) is -3.82. The Balaban J connectivity index is 1.84. The van der Waals surface area contributed by atoms with Crippen LogP contribution in [0.2, 0.25) is 5.02 Å². The van der Waals surface area contributed by atoms with Crippen LogP contribution in [0.25, 0.3) is 33.5 Å². The number of imidazole rings is 1. The lowest BCUT2D eigenvalue weighted by Gasteiger charge is -2.07. The van der Waals surface area contributed by atoms with Crippen molar-refractivity contribution in [3.63, 3.8) is 0 Å². The lowest BCUT2D eigenvalue weighted by molar-refractivity contribution is 0.598. The molecule has 1 heterocycles. The first-order valence-electron chi connectivity index (χ1n) is 7.80. The zero-order chi connectivity index (χ0) is 18.3. The number of H-pyrrole nitrogens is 1. The van der Waals surface area contributed by atoms with Crippen molar-refractivity contribution in [3.05, 3.63) is 71.8 Å². The third-order valence-corrected chi connectivity index (χ3v) is 5.33. The third kappa shape index (κ3) is 3.10. The fourth-order valence-electron chi connectivity index (χ4n) is 2.87. The van der Waals surface area contributed by atoms with Gasteiger partial charge in [0.05, 0.1) is 15.9 Å². The van der Waals surface area contributed by atoms with Gasteiger partial charge in [-0.3, -0.25) is 0 Å². The number of fused-ring (bicyclic) bond motifs is 1. The highest BCUT2D eigenvalue weighted by Gasteiger charge is 2.15. The molecule has 4 rings (SSSR count). The summed E-state index contributed by atoms with van der Waals surface area (Å²) in [6.07, 6.45) is 0. The molecule has 3 N–H and O–H groups in total. The molecule has 0 saturated carbocycles. The van der Waals surface area contributed by atoms with E-state index in [0.717, 1.165) is 22.2 Å². The van der Waals surface area contributed by atoms with Gasteiger partial charge in [-0.25, -0.2) is 18.5 Å². The SMILES string of the molecule is NS(=O)(=O)c1ccccc1-c1ccc2nc(-c3ccc(Cl)cc3)[nH]c2c1. The second-order valence-corrected chi connectivity index (χ2v) is 7.83. The highest BCUT2D eigenvalue weighted by Crippen LogP contribution is 2.30. The minimum absolute atomic E-state index is 0.0943. The predicted octanol–water partition coefficient (Wildman–Crippen LogP) is 4.20. The van der Waals surface area contributed by atoms with E-state index in [1.54, 1.807) is 30.3 Å². The summed E-state index contributed by atoms with van der Waals surface area (Å²) >= 11 is 5.93. The van der Waals surface area contributed by atoms with Gasteiger partial charge in [0.15, 0.2) is 0 Å². The van der Waals surface area contributed by atoms with E-state index in [2.05, 4.69) is 9.97 Å². The first-order chi connectivity index (χ1) is 12.4. The Morgan fingerprint density at radius 2 is 1.62 bits per heavy atom. The van der Waals surface area contributed by atoms with Crippen LogP contribution in [-0.4, -0.2) is 18.4 Å². The second-order valence-electron chi connectivity index (χ2n) is 5.87. The molecule has 0 fully saturated rings. The van der Waals surface area contributed by atoms with Gasteiger partial charge in [-0.05, 0) is 48.0 Å². The van der Waals surface area contributed by atoms with E-state index in [4.69, 9.17) is 16.7 Å². The molecule has 5 nitrogen and oxygen atoms in total. The Labute approximate surface area is 155 Å². The standard InChI is InChI=1S/C19H14ClN3O2S/c20-14-8-5-12(6-9-14)19-22-16-10-7-13(11-17(16)23-19)15-3-1-2-4-18(15)26(21,24)25/h1-11H,(H,22,23)(H2,21,24,25). The van der Waals surface area contributed by atoms with Gasteiger partial charge in [-0.1, -0.05) is 35.9 Å². The average Bonchev–Trinajstić information content (AvgIpc) is 3.04. The summed E-state index contributed by atoms with van der Waals surface area (Å²) in [5, 5.41) is 6.00. The number of halogens is 1. The number of rotatable bonds is 3. The number of sulfonamides is 1. The molecule has 0 spiro atoms. The van der Waals surface area contributed by atoms with Gasteiger partial charge < -0.3 is 4.98 Å². The lowest BCUT2D eigenvalue weighted by atomic mass is 10.1. The summed E-state index contributed by atoms with van der Waals surface area (Å²) in [6, 6.07) is 19.6. The molecule has 0 aliphatic rings. The normalized spacial score (nSPS) is 11.8. The van der Waals surface area contributed by atoms with Crippen molar-refractivity contribution in [2.75, 3.05) is 0 Å². The third-order valence-electron chi connectivity index (χ3n) is 4.10. The maximum atomic E-state index is 11.9. The van der Waals surface area contributed by atoms with E-state index in [0.29, 0.717) is 16.4 Å². The van der Waals surface area contributed by atoms with Gasteiger partial charge in [0.2, 0.25) is 10.0 Å². The van der Waals surface area contributed by atoms with Crippen LogP contribution < -0.4 is 5.14 Å². The minimum Gasteiger partial charge on any atom is -0.338 e. The van der Waals surface area contributed by atoms with Crippen LogP contribution in [0.1, 0.15) is 0 Å². The molecule has 0 amide bonds. The van der Waals surface area contributed by atoms with Crippen molar-refractivity contribution in [3.8, 4) is 22.5 Å². The van der Waals surface area contributed by atoms with E-state index in [1.807, 2.05) is 30.3 Å². The molecule has 0 unspecified atom stereocenters. The monoisotopic (exact) mass is 383 g/mol. The van der Waals surface area contributed by atoms with Crippen LogP contribution in [0.4, 0.5) is 0 Å². The van der Waals surface area contributed by atoms with Gasteiger partial charge >= 0.3 is 0 Å². The van der Waals surface area contributed by atoms with E-state index < -0.39 is 10.0 Å². The van der Waals surface area contributed by atoms with Gasteiger partial charge in [0.1, 0.15) is 5.82 Å². The van der Waals surface area contributed by atoms with E-state index in [-0.39, 0.29) is 4.90 Å². The molecular formula is C19H14ClN3O2S. The van der Waals surface area contributed by atoms with E-state index in [9.17, 15) is 8.42 Å². The number of benzene rings is 3. The Bertz CT molecular complexity index is 1220. The predicted molar refractivity (Wildman–Crippen MR) is 103 cm³/mol. The van der Waals surface area contributed by atoms with Gasteiger partial charge in [-0.15, -0.1) is 0 Å². The average molecular weight is 384 g/mol. The molecule has 26 heavy (non-hydrogen) atoms. The molecule has 0 aliphatic carbocycles. The Morgan fingerprint density at radius 1 is 0.923 bits per heavy atom. The topological polar surface area (TPSA) is 88.8 Å². The first-order valence-corrected chi connectivity index (χ1v) is 9.72. The summed E-state index contributed by atoms with van der Waals surface area (Å²) in [4.78, 5) is 7.94. The molecule has 4 aromatic rings. The maximum Gasteiger partial charge on any atom is 0.238 e. The Hall–Kier alpha value is -2.67. The highest BCUT2D eigenvalue weighted by atomic mass is 35.5. The molecule has 0 saturated heterocycles. The van der Waals surface area contributed by atoms with Gasteiger partial charge in [0.25, 0.3) is 0 Å². The van der Waals surface area contributed by atoms with Crippen molar-refractivity contribution >= 4 is 32.7 Å². The molecule has 3 aromatic carbocycles. The van der Waals surface area contributed by atoms with Gasteiger partial charge in [-0.2, -0.15) is 0 Å². The van der Waals surface area contributed by atoms with Gasteiger partial charge in [0, 0.05) is 16.1 Å². The first kappa shape index (κ1) is 16.8.